The van der Waals surface area contributed by atoms with Gasteiger partial charge in [0.1, 0.15) is 0 Å². The fraction of sp³-hybridized carbons (Fsp3) is 1.00. The summed E-state index contributed by atoms with van der Waals surface area (Å²) in [5.41, 5.74) is 5.48. The molecular formula is C10H26N2. The number of unbranched alkanes of at least 4 members (excludes halogenated alkanes) is 1. The van der Waals surface area contributed by atoms with Gasteiger partial charge in [-0.2, -0.15) is 0 Å². The van der Waals surface area contributed by atoms with Gasteiger partial charge in [0.15, 0.2) is 0 Å². The summed E-state index contributed by atoms with van der Waals surface area (Å²) in [6.07, 6.45) is 3.72. The summed E-state index contributed by atoms with van der Waals surface area (Å²) in [6.45, 7) is 10.6. The third-order valence-corrected chi connectivity index (χ3v) is 1.51. The van der Waals surface area contributed by atoms with Gasteiger partial charge in [0, 0.05) is 6.04 Å². The molecule has 0 aromatic heterocycles. The van der Waals surface area contributed by atoms with Gasteiger partial charge in [0.2, 0.25) is 0 Å². The van der Waals surface area contributed by atoms with Crippen LogP contribution in [0.3, 0.4) is 0 Å². The minimum absolute atomic E-state index is 0.403. The molecule has 0 unspecified atom stereocenters. The van der Waals surface area contributed by atoms with E-state index in [1.807, 2.05) is 0 Å². The Balaban J connectivity index is 0. The molecule has 0 radical (unpaired) electrons. The maximum atomic E-state index is 5.48. The van der Waals surface area contributed by atoms with Gasteiger partial charge in [0.05, 0.1) is 0 Å². The van der Waals surface area contributed by atoms with Gasteiger partial charge in [-0.05, 0) is 26.4 Å². The van der Waals surface area contributed by atoms with Crippen LogP contribution in [0, 0.1) is 0 Å². The van der Waals surface area contributed by atoms with Crippen LogP contribution in [-0.4, -0.2) is 19.1 Å². The van der Waals surface area contributed by atoms with Gasteiger partial charge in [-0.3, -0.25) is 0 Å². The smallest absolute Gasteiger partial charge is 0.00104 e. The molecule has 12 heavy (non-hydrogen) atoms. The second-order valence-electron chi connectivity index (χ2n) is 3.08. The topological polar surface area (TPSA) is 38.0 Å². The second-order valence-corrected chi connectivity index (χ2v) is 3.08. The van der Waals surface area contributed by atoms with Gasteiger partial charge in [-0.15, -0.1) is 0 Å². The Labute approximate surface area is 77.9 Å². The van der Waals surface area contributed by atoms with Crippen molar-refractivity contribution < 1.29 is 0 Å². The van der Waals surface area contributed by atoms with Crippen LogP contribution in [-0.2, 0) is 0 Å². The molecule has 0 spiro atoms. The molecule has 0 fully saturated rings. The minimum Gasteiger partial charge on any atom is -0.328 e. The van der Waals surface area contributed by atoms with Crippen molar-refractivity contribution in [1.82, 2.24) is 5.32 Å². The first-order valence-corrected chi connectivity index (χ1v) is 5.15. The second kappa shape index (κ2) is 13.5. The van der Waals surface area contributed by atoms with Gasteiger partial charge >= 0.3 is 0 Å². The predicted molar refractivity (Wildman–Crippen MR) is 57.4 cm³/mol. The summed E-state index contributed by atoms with van der Waals surface area (Å²) in [5, 5.41) is 3.11. The molecule has 1 atom stereocenters. The van der Waals surface area contributed by atoms with Crippen molar-refractivity contribution in [2.45, 2.75) is 53.0 Å². The van der Waals surface area contributed by atoms with Gasteiger partial charge in [-0.1, -0.05) is 33.6 Å². The highest BCUT2D eigenvalue weighted by molar-refractivity contribution is 4.50. The zero-order valence-electron chi connectivity index (χ0n) is 9.19. The number of hydrogen-bond acceptors (Lipinski definition) is 2. The number of nitrogens with two attached hydrogens (primary N) is 1. The third-order valence-electron chi connectivity index (χ3n) is 1.51. The number of nitrogens with one attached hydrogen (secondary N) is 1. The molecule has 0 aliphatic heterocycles. The molecule has 0 saturated carbocycles. The Kier molecular flexibility index (Phi) is 16.3. The van der Waals surface area contributed by atoms with E-state index in [2.05, 4.69) is 33.0 Å². The van der Waals surface area contributed by atoms with Gasteiger partial charge < -0.3 is 11.1 Å². The molecule has 0 bridgehead atoms. The summed E-state index contributed by atoms with van der Waals surface area (Å²) < 4.78 is 0. The van der Waals surface area contributed by atoms with Crippen molar-refractivity contribution in [3.05, 3.63) is 0 Å². The Morgan fingerprint density at radius 1 is 1.17 bits per heavy atom. The predicted octanol–water partition coefficient (Wildman–Crippen LogP) is 2.14. The average molecular weight is 174 g/mol. The molecule has 0 heterocycles. The molecule has 0 aliphatic carbocycles. The highest BCUT2D eigenvalue weighted by atomic mass is 14.8. The van der Waals surface area contributed by atoms with E-state index < -0.39 is 0 Å². The van der Waals surface area contributed by atoms with E-state index in [4.69, 9.17) is 5.73 Å². The lowest BCUT2D eigenvalue weighted by Crippen LogP contribution is -2.13. The fourth-order valence-electron chi connectivity index (χ4n) is 0.776. The van der Waals surface area contributed by atoms with E-state index in [9.17, 15) is 0 Å². The lowest BCUT2D eigenvalue weighted by atomic mass is 10.2. The van der Waals surface area contributed by atoms with Crippen LogP contribution in [0.4, 0.5) is 0 Å². The van der Waals surface area contributed by atoms with E-state index in [1.165, 1.54) is 19.3 Å². The molecule has 0 amide bonds. The molecule has 2 heteroatoms. The zero-order valence-corrected chi connectivity index (χ0v) is 9.19. The maximum absolute atomic E-state index is 5.48. The standard InChI is InChI=1S/C6H15N.C4H11N/c1-3-4-5-6(2)7;1-3-5-4-2/h6H,3-5,7H2,1-2H3;5H,3-4H2,1-2H3/t6-;/m0./s1. The van der Waals surface area contributed by atoms with Crippen molar-refractivity contribution in [3.63, 3.8) is 0 Å². The number of hydrogen-bond donors (Lipinski definition) is 2. The molecule has 0 aliphatic rings. The summed E-state index contributed by atoms with van der Waals surface area (Å²) in [4.78, 5) is 0. The maximum Gasteiger partial charge on any atom is 0.00104 e. The van der Waals surface area contributed by atoms with E-state index in [1.54, 1.807) is 0 Å². The van der Waals surface area contributed by atoms with Crippen LogP contribution >= 0.6 is 0 Å². The number of rotatable bonds is 5. The molecule has 0 aromatic carbocycles. The Hall–Kier alpha value is -0.0800. The highest BCUT2D eigenvalue weighted by Crippen LogP contribution is 1.95. The Morgan fingerprint density at radius 3 is 1.75 bits per heavy atom. The summed E-state index contributed by atoms with van der Waals surface area (Å²) in [7, 11) is 0. The Morgan fingerprint density at radius 2 is 1.67 bits per heavy atom. The summed E-state index contributed by atoms with van der Waals surface area (Å²) >= 11 is 0. The van der Waals surface area contributed by atoms with Crippen molar-refractivity contribution in [3.8, 4) is 0 Å². The van der Waals surface area contributed by atoms with Crippen LogP contribution in [0.25, 0.3) is 0 Å². The third kappa shape index (κ3) is 22.5. The van der Waals surface area contributed by atoms with Crippen LogP contribution in [0.2, 0.25) is 0 Å². The molecule has 0 rings (SSSR count). The lowest BCUT2D eigenvalue weighted by Gasteiger charge is -1.99. The quantitative estimate of drug-likeness (QED) is 0.670. The molecule has 76 valence electrons. The molecule has 3 N–H and O–H groups in total. The highest BCUT2D eigenvalue weighted by Gasteiger charge is 1.88. The van der Waals surface area contributed by atoms with E-state index in [-0.39, 0.29) is 0 Å². The van der Waals surface area contributed by atoms with E-state index >= 15 is 0 Å². The first-order chi connectivity index (χ1) is 5.68. The summed E-state index contributed by atoms with van der Waals surface area (Å²) in [6, 6.07) is 0.403. The monoisotopic (exact) mass is 174 g/mol. The first kappa shape index (κ1) is 14.4. The van der Waals surface area contributed by atoms with E-state index in [0.29, 0.717) is 6.04 Å². The fourth-order valence-corrected chi connectivity index (χ4v) is 0.776. The lowest BCUT2D eigenvalue weighted by molar-refractivity contribution is 0.616. The molecule has 0 aromatic rings. The van der Waals surface area contributed by atoms with Crippen molar-refractivity contribution in [2.24, 2.45) is 5.73 Å². The van der Waals surface area contributed by atoms with Gasteiger partial charge in [0.25, 0.3) is 0 Å². The van der Waals surface area contributed by atoms with Crippen molar-refractivity contribution >= 4 is 0 Å². The van der Waals surface area contributed by atoms with Gasteiger partial charge in [-0.25, -0.2) is 0 Å². The normalized spacial score (nSPS) is 11.8. The van der Waals surface area contributed by atoms with Crippen molar-refractivity contribution in [1.29, 1.82) is 0 Å². The van der Waals surface area contributed by atoms with Crippen LogP contribution in [0.5, 0.6) is 0 Å². The average Bonchev–Trinajstić information content (AvgIpc) is 2.03. The first-order valence-electron chi connectivity index (χ1n) is 5.15. The van der Waals surface area contributed by atoms with Crippen molar-refractivity contribution in [2.75, 3.05) is 13.1 Å². The Bertz CT molecular complexity index is 60.9. The molecule has 2 nitrogen and oxygen atoms in total. The summed E-state index contributed by atoms with van der Waals surface area (Å²) in [5.74, 6) is 0. The molecule has 0 saturated heterocycles. The van der Waals surface area contributed by atoms with E-state index in [0.717, 1.165) is 13.1 Å². The van der Waals surface area contributed by atoms with Crippen LogP contribution in [0.15, 0.2) is 0 Å². The molecular weight excluding hydrogens is 148 g/mol. The minimum atomic E-state index is 0.403. The largest absolute Gasteiger partial charge is 0.328 e. The zero-order chi connectivity index (χ0) is 9.82. The van der Waals surface area contributed by atoms with Crippen LogP contribution < -0.4 is 11.1 Å². The van der Waals surface area contributed by atoms with Crippen LogP contribution in [0.1, 0.15) is 47.0 Å². The SMILES string of the molecule is CCCC[C@H](C)N.CCNCC.